The quantitative estimate of drug-likeness (QED) is 0.881. The van der Waals surface area contributed by atoms with Crippen LogP contribution in [0.2, 0.25) is 0 Å². The number of hydrogen-bond acceptors (Lipinski definition) is 4. The number of carbonyl (C=O) groups excluding carboxylic acids is 1. The van der Waals surface area contributed by atoms with Crippen molar-refractivity contribution in [2.24, 2.45) is 7.05 Å². The number of halogens is 1. The van der Waals surface area contributed by atoms with E-state index in [9.17, 15) is 14.3 Å². The van der Waals surface area contributed by atoms with Crippen LogP contribution in [0.4, 0.5) is 4.39 Å². The molecule has 7 heteroatoms. The van der Waals surface area contributed by atoms with Crippen LogP contribution >= 0.6 is 0 Å². The molecule has 1 aromatic heterocycles. The van der Waals surface area contributed by atoms with Gasteiger partial charge < -0.3 is 19.5 Å². The van der Waals surface area contributed by atoms with Crippen LogP contribution in [0.5, 0.6) is 0 Å². The molecule has 21 heavy (non-hydrogen) atoms. The topological polar surface area (TPSA) is 61.6 Å². The Labute approximate surface area is 124 Å². The number of amides is 1. The molecule has 0 spiro atoms. The summed E-state index contributed by atoms with van der Waals surface area (Å²) in [6, 6.07) is 0.502. The van der Waals surface area contributed by atoms with Gasteiger partial charge >= 0.3 is 0 Å². The zero-order valence-electron chi connectivity index (χ0n) is 12.8. The molecule has 6 nitrogen and oxygen atoms in total. The van der Waals surface area contributed by atoms with Gasteiger partial charge in [-0.3, -0.25) is 4.79 Å². The summed E-state index contributed by atoms with van der Waals surface area (Å²) in [6.07, 6.45) is 1.79. The summed E-state index contributed by atoms with van der Waals surface area (Å²) in [5.74, 6) is -0.449. The highest BCUT2D eigenvalue weighted by atomic mass is 19.1. The van der Waals surface area contributed by atoms with Gasteiger partial charge in [0.05, 0.1) is 12.6 Å². The molecule has 1 aliphatic heterocycles. The minimum absolute atomic E-state index is 0.0586. The molecular weight excluding hydrogens is 275 g/mol. The van der Waals surface area contributed by atoms with Crippen LogP contribution in [0.15, 0.2) is 6.20 Å². The van der Waals surface area contributed by atoms with Gasteiger partial charge in [-0.05, 0) is 26.9 Å². The third-order valence-corrected chi connectivity index (χ3v) is 4.18. The van der Waals surface area contributed by atoms with Gasteiger partial charge in [0.25, 0.3) is 0 Å². The second-order valence-corrected chi connectivity index (χ2v) is 5.79. The monoisotopic (exact) mass is 298 g/mol. The molecule has 0 aliphatic carbocycles. The van der Waals surface area contributed by atoms with E-state index in [2.05, 4.69) is 9.88 Å². The van der Waals surface area contributed by atoms with Crippen LogP contribution in [0.25, 0.3) is 0 Å². The Morgan fingerprint density at radius 1 is 1.52 bits per heavy atom. The third-order valence-electron chi connectivity index (χ3n) is 4.18. The van der Waals surface area contributed by atoms with Gasteiger partial charge in [-0.15, -0.1) is 0 Å². The maximum Gasteiger partial charge on any atom is 0.225 e. The molecule has 0 unspecified atom stereocenters. The van der Waals surface area contributed by atoms with Crippen molar-refractivity contribution in [3.8, 4) is 0 Å². The van der Waals surface area contributed by atoms with Crippen molar-refractivity contribution < 1.29 is 14.3 Å². The van der Waals surface area contributed by atoms with Gasteiger partial charge in [0.15, 0.2) is 0 Å². The molecular formula is C14H23FN4O2. The highest BCUT2D eigenvalue weighted by molar-refractivity contribution is 5.76. The predicted octanol–water partition coefficient (Wildman–Crippen LogP) is 0.535. The van der Waals surface area contributed by atoms with Crippen molar-refractivity contribution in [1.29, 1.82) is 0 Å². The van der Waals surface area contributed by atoms with Gasteiger partial charge in [0.2, 0.25) is 11.9 Å². The van der Waals surface area contributed by atoms with Crippen molar-refractivity contribution in [3.63, 3.8) is 0 Å². The molecule has 1 fully saturated rings. The van der Waals surface area contributed by atoms with E-state index in [-0.39, 0.29) is 18.2 Å². The van der Waals surface area contributed by atoms with Gasteiger partial charge in [-0.25, -0.2) is 4.98 Å². The van der Waals surface area contributed by atoms with Gasteiger partial charge in [-0.2, -0.15) is 4.39 Å². The molecule has 1 N–H and O–H groups in total. The second kappa shape index (κ2) is 6.53. The lowest BCUT2D eigenvalue weighted by atomic mass is 10.0. The standard InChI is InChI=1S/C14H23FN4O2/c1-17(2)10-4-6-19(7-5-10)13(21)8-11(20)14-16-9-12(15)18(14)3/h9-11,20H,4-8H2,1-3H3/t11-/m0/s1. The fraction of sp³-hybridized carbons (Fsp3) is 0.714. The maximum absolute atomic E-state index is 13.2. The highest BCUT2D eigenvalue weighted by Crippen LogP contribution is 2.20. The fourth-order valence-corrected chi connectivity index (χ4v) is 2.73. The van der Waals surface area contributed by atoms with E-state index in [1.165, 1.54) is 7.05 Å². The lowest BCUT2D eigenvalue weighted by molar-refractivity contribution is -0.135. The van der Waals surface area contributed by atoms with Crippen LogP contribution < -0.4 is 0 Å². The van der Waals surface area contributed by atoms with E-state index in [4.69, 9.17) is 0 Å². The molecule has 0 bridgehead atoms. The molecule has 0 aromatic carbocycles. The van der Waals surface area contributed by atoms with Crippen LogP contribution in [-0.2, 0) is 11.8 Å². The Kier molecular flexibility index (Phi) is 4.95. The Hall–Kier alpha value is -1.47. The first kappa shape index (κ1) is 15.9. The summed E-state index contributed by atoms with van der Waals surface area (Å²) in [5.41, 5.74) is 0. The molecule has 118 valence electrons. The number of imidazole rings is 1. The number of likely N-dealkylation sites (tertiary alicyclic amines) is 1. The Morgan fingerprint density at radius 2 is 2.14 bits per heavy atom. The minimum atomic E-state index is -1.07. The van der Waals surface area contributed by atoms with E-state index in [0.29, 0.717) is 19.1 Å². The molecule has 2 heterocycles. The zero-order valence-corrected chi connectivity index (χ0v) is 12.8. The predicted molar refractivity (Wildman–Crippen MR) is 76.0 cm³/mol. The van der Waals surface area contributed by atoms with Crippen LogP contribution in [0.3, 0.4) is 0 Å². The van der Waals surface area contributed by atoms with Crippen molar-refractivity contribution in [1.82, 2.24) is 19.4 Å². The summed E-state index contributed by atoms with van der Waals surface area (Å²) < 4.78 is 14.4. The Balaban J connectivity index is 1.89. The summed E-state index contributed by atoms with van der Waals surface area (Å²) >= 11 is 0. The van der Waals surface area contributed by atoms with E-state index >= 15 is 0 Å². The lowest BCUT2D eigenvalue weighted by Crippen LogP contribution is -2.44. The van der Waals surface area contributed by atoms with E-state index < -0.39 is 12.1 Å². The van der Waals surface area contributed by atoms with E-state index in [1.54, 1.807) is 4.90 Å². The lowest BCUT2D eigenvalue weighted by Gasteiger charge is -2.35. The summed E-state index contributed by atoms with van der Waals surface area (Å²) in [4.78, 5) is 19.9. The third kappa shape index (κ3) is 3.59. The van der Waals surface area contributed by atoms with Crippen molar-refractivity contribution in [2.75, 3.05) is 27.2 Å². The van der Waals surface area contributed by atoms with E-state index in [0.717, 1.165) is 23.6 Å². The summed E-state index contributed by atoms with van der Waals surface area (Å²) in [7, 11) is 5.57. The number of piperidine rings is 1. The number of hydrogen-bond donors (Lipinski definition) is 1. The minimum Gasteiger partial charge on any atom is -0.385 e. The van der Waals surface area contributed by atoms with E-state index in [1.807, 2.05) is 14.1 Å². The van der Waals surface area contributed by atoms with Crippen molar-refractivity contribution in [3.05, 3.63) is 18.0 Å². The first-order chi connectivity index (χ1) is 9.90. The Morgan fingerprint density at radius 3 is 2.62 bits per heavy atom. The number of aromatic nitrogens is 2. The van der Waals surface area contributed by atoms with Gasteiger partial charge in [0, 0.05) is 26.2 Å². The summed E-state index contributed by atoms with van der Waals surface area (Å²) in [6.45, 7) is 1.40. The normalized spacial score (nSPS) is 18.3. The number of rotatable bonds is 4. The molecule has 0 radical (unpaired) electrons. The van der Waals surface area contributed by atoms with Crippen LogP contribution in [-0.4, -0.2) is 63.6 Å². The second-order valence-electron chi connectivity index (χ2n) is 5.79. The largest absolute Gasteiger partial charge is 0.385 e. The molecule has 1 saturated heterocycles. The summed E-state index contributed by atoms with van der Waals surface area (Å²) in [5, 5.41) is 10.1. The molecule has 2 rings (SSSR count). The molecule has 1 atom stereocenters. The molecule has 0 saturated carbocycles. The molecule has 1 aromatic rings. The Bertz CT molecular complexity index is 495. The fourth-order valence-electron chi connectivity index (χ4n) is 2.73. The molecule has 1 aliphatic rings. The molecule has 1 amide bonds. The average Bonchev–Trinajstić information content (AvgIpc) is 2.79. The van der Waals surface area contributed by atoms with Crippen LogP contribution in [0.1, 0.15) is 31.2 Å². The smallest absolute Gasteiger partial charge is 0.225 e. The average molecular weight is 298 g/mol. The SMILES string of the molecule is CN(C)C1CCN(C(=O)C[C@H](O)c2ncc(F)n2C)CC1. The number of carbonyl (C=O) groups is 1. The first-order valence-electron chi connectivity index (χ1n) is 7.19. The van der Waals surface area contributed by atoms with Crippen molar-refractivity contribution in [2.45, 2.75) is 31.4 Å². The first-order valence-corrected chi connectivity index (χ1v) is 7.19. The number of aliphatic hydroxyl groups excluding tert-OH is 1. The highest BCUT2D eigenvalue weighted by Gasteiger charge is 2.26. The zero-order chi connectivity index (χ0) is 15.6. The van der Waals surface area contributed by atoms with Gasteiger partial charge in [0.1, 0.15) is 11.9 Å². The maximum atomic E-state index is 13.2. The number of nitrogens with zero attached hydrogens (tertiary/aromatic N) is 4. The number of aliphatic hydroxyl groups is 1. The van der Waals surface area contributed by atoms with Gasteiger partial charge in [-0.1, -0.05) is 0 Å². The van der Waals surface area contributed by atoms with Crippen molar-refractivity contribution >= 4 is 5.91 Å². The van der Waals surface area contributed by atoms with Crippen LogP contribution in [0, 0.1) is 5.95 Å².